The van der Waals surface area contributed by atoms with Crippen LogP contribution in [0.1, 0.15) is 29.9 Å². The van der Waals surface area contributed by atoms with E-state index in [0.717, 1.165) is 28.0 Å². The fourth-order valence-corrected chi connectivity index (χ4v) is 3.38. The summed E-state index contributed by atoms with van der Waals surface area (Å²) in [6.45, 7) is 0. The van der Waals surface area contributed by atoms with E-state index in [2.05, 4.69) is 39.4 Å². The van der Waals surface area contributed by atoms with E-state index in [0.29, 0.717) is 17.5 Å². The van der Waals surface area contributed by atoms with Crippen LogP contribution in [0.15, 0.2) is 46.9 Å². The molecule has 0 aromatic heterocycles. The molecule has 0 amide bonds. The fourth-order valence-electron chi connectivity index (χ4n) is 2.69. The summed E-state index contributed by atoms with van der Waals surface area (Å²) >= 11 is 9.55. The highest BCUT2D eigenvalue weighted by molar-refractivity contribution is 9.10. The lowest BCUT2D eigenvalue weighted by Crippen LogP contribution is -2.34. The summed E-state index contributed by atoms with van der Waals surface area (Å²) in [5, 5.41) is 13.2. The summed E-state index contributed by atoms with van der Waals surface area (Å²) in [6, 6.07) is 16.4. The first-order valence-corrected chi connectivity index (χ1v) is 8.04. The molecule has 0 unspecified atom stereocenters. The second-order valence-electron chi connectivity index (χ2n) is 5.37. The van der Waals surface area contributed by atoms with E-state index in [1.54, 1.807) is 0 Å². The van der Waals surface area contributed by atoms with E-state index in [9.17, 15) is 0 Å². The summed E-state index contributed by atoms with van der Waals surface area (Å²) < 4.78 is 0.938. The number of nitrogens with zero attached hydrogens (tertiary/aromatic N) is 1. The van der Waals surface area contributed by atoms with Gasteiger partial charge in [0.05, 0.1) is 11.6 Å². The molecule has 1 aliphatic rings. The van der Waals surface area contributed by atoms with Gasteiger partial charge in [-0.15, -0.1) is 0 Å². The van der Waals surface area contributed by atoms with E-state index < -0.39 is 0 Å². The summed E-state index contributed by atoms with van der Waals surface area (Å²) in [7, 11) is 0. The third-order valence-electron chi connectivity index (χ3n) is 3.92. The van der Waals surface area contributed by atoms with Crippen LogP contribution in [0.2, 0.25) is 5.02 Å². The van der Waals surface area contributed by atoms with Gasteiger partial charge in [-0.1, -0.05) is 23.7 Å². The molecule has 21 heavy (non-hydrogen) atoms. The standard InChI is InChI=1S/C17H14BrClN2/c18-16-6-11(10-20)4-5-17(16)21-15-8-13(9-15)12-2-1-3-14(19)7-12/h1-7,13,15,21H,8-9H2. The number of nitrogens with one attached hydrogen (secondary N) is 1. The minimum absolute atomic E-state index is 0.471. The smallest absolute Gasteiger partial charge is 0.0992 e. The van der Waals surface area contributed by atoms with Gasteiger partial charge in [-0.3, -0.25) is 0 Å². The van der Waals surface area contributed by atoms with Crippen molar-refractivity contribution in [2.75, 3.05) is 5.32 Å². The summed E-state index contributed by atoms with van der Waals surface area (Å²) in [5.41, 5.74) is 3.03. The molecule has 0 bridgehead atoms. The molecule has 1 N–H and O–H groups in total. The zero-order valence-electron chi connectivity index (χ0n) is 11.3. The van der Waals surface area contributed by atoms with Crippen molar-refractivity contribution in [3.8, 4) is 6.07 Å². The van der Waals surface area contributed by atoms with Crippen LogP contribution >= 0.6 is 27.5 Å². The molecule has 4 heteroatoms. The first kappa shape index (κ1) is 14.4. The molecule has 106 valence electrons. The third-order valence-corrected chi connectivity index (χ3v) is 4.81. The second-order valence-corrected chi connectivity index (χ2v) is 6.66. The Labute approximate surface area is 137 Å². The van der Waals surface area contributed by atoms with Gasteiger partial charge in [0.2, 0.25) is 0 Å². The van der Waals surface area contributed by atoms with Crippen molar-refractivity contribution in [3.63, 3.8) is 0 Å². The molecule has 1 aliphatic carbocycles. The largest absolute Gasteiger partial charge is 0.381 e. The van der Waals surface area contributed by atoms with E-state index in [1.165, 1.54) is 5.56 Å². The van der Waals surface area contributed by atoms with Gasteiger partial charge in [0.25, 0.3) is 0 Å². The topological polar surface area (TPSA) is 35.8 Å². The van der Waals surface area contributed by atoms with Crippen LogP contribution in [0.5, 0.6) is 0 Å². The van der Waals surface area contributed by atoms with Crippen molar-refractivity contribution < 1.29 is 0 Å². The number of rotatable bonds is 3. The van der Waals surface area contributed by atoms with Crippen LogP contribution in [-0.2, 0) is 0 Å². The SMILES string of the molecule is N#Cc1ccc(NC2CC(c3cccc(Cl)c3)C2)c(Br)c1. The molecule has 0 spiro atoms. The van der Waals surface area contributed by atoms with Crippen molar-refractivity contribution in [1.82, 2.24) is 0 Å². The number of halogens is 2. The molecule has 0 aliphatic heterocycles. The average molecular weight is 362 g/mol. The number of anilines is 1. The quantitative estimate of drug-likeness (QED) is 0.801. The third kappa shape index (κ3) is 3.23. The lowest BCUT2D eigenvalue weighted by atomic mass is 9.76. The van der Waals surface area contributed by atoms with Crippen molar-refractivity contribution in [2.45, 2.75) is 24.8 Å². The molecule has 1 saturated carbocycles. The Morgan fingerprint density at radius 1 is 1.19 bits per heavy atom. The van der Waals surface area contributed by atoms with Crippen LogP contribution in [-0.4, -0.2) is 6.04 Å². The summed E-state index contributed by atoms with van der Waals surface area (Å²) in [6.07, 6.45) is 2.21. The van der Waals surface area contributed by atoms with Crippen molar-refractivity contribution in [3.05, 3.63) is 63.1 Å². The van der Waals surface area contributed by atoms with Crippen LogP contribution < -0.4 is 5.32 Å². The van der Waals surface area contributed by atoms with E-state index >= 15 is 0 Å². The maximum absolute atomic E-state index is 8.87. The molecule has 0 heterocycles. The minimum atomic E-state index is 0.471. The fraction of sp³-hybridized carbons (Fsp3) is 0.235. The normalized spacial score (nSPS) is 20.4. The Morgan fingerprint density at radius 3 is 2.67 bits per heavy atom. The van der Waals surface area contributed by atoms with Crippen LogP contribution in [0.3, 0.4) is 0 Å². The van der Waals surface area contributed by atoms with Crippen molar-refractivity contribution >= 4 is 33.2 Å². The number of nitriles is 1. The Balaban J connectivity index is 1.61. The Morgan fingerprint density at radius 2 is 2.00 bits per heavy atom. The molecule has 3 rings (SSSR count). The highest BCUT2D eigenvalue weighted by Crippen LogP contribution is 2.40. The van der Waals surface area contributed by atoms with E-state index in [1.807, 2.05) is 30.3 Å². The molecule has 0 radical (unpaired) electrons. The number of hydrogen-bond acceptors (Lipinski definition) is 2. The Hall–Kier alpha value is -1.50. The first-order chi connectivity index (χ1) is 10.2. The number of hydrogen-bond donors (Lipinski definition) is 1. The van der Waals surface area contributed by atoms with Crippen LogP contribution in [0.25, 0.3) is 0 Å². The summed E-state index contributed by atoms with van der Waals surface area (Å²) in [4.78, 5) is 0. The molecule has 2 aromatic carbocycles. The molecular formula is C17H14BrClN2. The predicted molar refractivity (Wildman–Crippen MR) is 89.7 cm³/mol. The molecule has 2 aromatic rings. The predicted octanol–water partition coefficient (Wildman–Crippen LogP) is 5.33. The lowest BCUT2D eigenvalue weighted by Gasteiger charge is -2.37. The molecule has 0 atom stereocenters. The Kier molecular flexibility index (Phi) is 4.19. The molecule has 0 saturated heterocycles. The lowest BCUT2D eigenvalue weighted by molar-refractivity contribution is 0.374. The van der Waals surface area contributed by atoms with Gasteiger partial charge in [-0.25, -0.2) is 0 Å². The van der Waals surface area contributed by atoms with Crippen LogP contribution in [0, 0.1) is 11.3 Å². The highest BCUT2D eigenvalue weighted by Gasteiger charge is 2.30. The van der Waals surface area contributed by atoms with Crippen LogP contribution in [0.4, 0.5) is 5.69 Å². The Bertz CT molecular complexity index is 702. The van der Waals surface area contributed by atoms with Gasteiger partial charge in [0.1, 0.15) is 0 Å². The molecule has 1 fully saturated rings. The van der Waals surface area contributed by atoms with Crippen molar-refractivity contribution in [2.24, 2.45) is 0 Å². The van der Waals surface area contributed by atoms with Crippen molar-refractivity contribution in [1.29, 1.82) is 5.26 Å². The van der Waals surface area contributed by atoms with Gasteiger partial charge in [-0.05, 0) is 70.6 Å². The highest BCUT2D eigenvalue weighted by atomic mass is 79.9. The van der Waals surface area contributed by atoms with Gasteiger partial charge in [0.15, 0.2) is 0 Å². The maximum Gasteiger partial charge on any atom is 0.0992 e. The average Bonchev–Trinajstić information content (AvgIpc) is 2.43. The zero-order chi connectivity index (χ0) is 14.8. The second kappa shape index (κ2) is 6.09. The van der Waals surface area contributed by atoms with E-state index in [4.69, 9.17) is 16.9 Å². The van der Waals surface area contributed by atoms with Gasteiger partial charge in [0, 0.05) is 21.2 Å². The first-order valence-electron chi connectivity index (χ1n) is 6.87. The summed E-state index contributed by atoms with van der Waals surface area (Å²) in [5.74, 6) is 0.582. The molecule has 2 nitrogen and oxygen atoms in total. The maximum atomic E-state index is 8.87. The van der Waals surface area contributed by atoms with Gasteiger partial charge < -0.3 is 5.32 Å². The minimum Gasteiger partial charge on any atom is -0.381 e. The monoisotopic (exact) mass is 360 g/mol. The number of benzene rings is 2. The van der Waals surface area contributed by atoms with Gasteiger partial charge >= 0.3 is 0 Å². The van der Waals surface area contributed by atoms with Gasteiger partial charge in [-0.2, -0.15) is 5.26 Å². The molecular weight excluding hydrogens is 348 g/mol. The van der Waals surface area contributed by atoms with E-state index in [-0.39, 0.29) is 0 Å². The zero-order valence-corrected chi connectivity index (χ0v) is 13.7.